The summed E-state index contributed by atoms with van der Waals surface area (Å²) in [6.45, 7) is 0. The van der Waals surface area contributed by atoms with Crippen molar-refractivity contribution < 1.29 is 13.2 Å². The van der Waals surface area contributed by atoms with E-state index < -0.39 is 11.2 Å². The van der Waals surface area contributed by atoms with E-state index in [1.807, 2.05) is 0 Å². The van der Waals surface area contributed by atoms with Gasteiger partial charge >= 0.3 is 6.18 Å². The Kier molecular flexibility index (Phi) is 2.97. The highest BCUT2D eigenvalue weighted by atomic mass is 32.1. The zero-order valence-electron chi connectivity index (χ0n) is 8.62. The van der Waals surface area contributed by atoms with Gasteiger partial charge in [-0.1, -0.05) is 0 Å². The van der Waals surface area contributed by atoms with Crippen molar-refractivity contribution in [3.63, 3.8) is 0 Å². The van der Waals surface area contributed by atoms with Crippen LogP contribution in [0.5, 0.6) is 0 Å². The fraction of sp³-hybridized carbons (Fsp3) is 0.222. The Morgan fingerprint density at radius 2 is 2.00 bits per heavy atom. The summed E-state index contributed by atoms with van der Waals surface area (Å²) < 4.78 is 37.0. The van der Waals surface area contributed by atoms with Gasteiger partial charge in [-0.25, -0.2) is 4.98 Å². The molecule has 17 heavy (non-hydrogen) atoms. The summed E-state index contributed by atoms with van der Waals surface area (Å²) in [6.07, 6.45) is -3.27. The monoisotopic (exact) mass is 260 g/mol. The Morgan fingerprint density at radius 1 is 1.24 bits per heavy atom. The molecule has 0 atom stereocenters. The maximum Gasteiger partial charge on any atom is 0.443 e. The lowest BCUT2D eigenvalue weighted by Gasteiger charge is -1.99. The van der Waals surface area contributed by atoms with E-state index >= 15 is 0 Å². The molecule has 0 aliphatic heterocycles. The van der Waals surface area contributed by atoms with Crippen molar-refractivity contribution >= 4 is 17.2 Å². The second kappa shape index (κ2) is 4.28. The molecule has 0 bridgehead atoms. The minimum absolute atomic E-state index is 0.340. The van der Waals surface area contributed by atoms with E-state index in [0.717, 1.165) is 6.20 Å². The first-order chi connectivity index (χ1) is 8.00. The van der Waals surface area contributed by atoms with Crippen LogP contribution in [0.25, 0.3) is 10.6 Å². The summed E-state index contributed by atoms with van der Waals surface area (Å²) in [5, 5.41) is 9.47. The first kappa shape index (κ1) is 11.8. The summed E-state index contributed by atoms with van der Waals surface area (Å²) in [6, 6.07) is 3.22. The van der Waals surface area contributed by atoms with Crippen LogP contribution >= 0.6 is 11.3 Å². The Labute approximate surface area is 98.5 Å². The van der Waals surface area contributed by atoms with Crippen LogP contribution in [0.4, 0.5) is 19.0 Å². The molecule has 0 aliphatic rings. The third kappa shape index (κ3) is 2.52. The zero-order valence-corrected chi connectivity index (χ0v) is 9.43. The smallest absolute Gasteiger partial charge is 0.372 e. The lowest BCUT2D eigenvalue weighted by molar-refractivity contribution is -0.137. The molecule has 2 heterocycles. The topological polar surface area (TPSA) is 50.7 Å². The molecule has 0 aliphatic carbocycles. The standard InChI is InChI=1S/C9H7F3N4S/c1-13-7-3-2-5(15-16-7)6-4-14-8(17-6)9(10,11)12/h2-4H,1H3,(H,13,16). The van der Waals surface area contributed by atoms with Gasteiger partial charge in [0.2, 0.25) is 0 Å². The molecule has 1 N–H and O–H groups in total. The molecule has 0 spiro atoms. The van der Waals surface area contributed by atoms with Crippen molar-refractivity contribution in [2.24, 2.45) is 0 Å². The van der Waals surface area contributed by atoms with Crippen LogP contribution in [0.3, 0.4) is 0 Å². The Balaban J connectivity index is 2.30. The molecular formula is C9H7F3N4S. The fourth-order valence-electron chi connectivity index (χ4n) is 1.12. The third-order valence-electron chi connectivity index (χ3n) is 1.92. The zero-order chi connectivity index (χ0) is 12.5. The average Bonchev–Trinajstić information content (AvgIpc) is 2.78. The number of hydrogen-bond acceptors (Lipinski definition) is 5. The lowest BCUT2D eigenvalue weighted by atomic mass is 10.3. The quantitative estimate of drug-likeness (QED) is 0.901. The fourth-order valence-corrected chi connectivity index (χ4v) is 1.87. The van der Waals surface area contributed by atoms with Gasteiger partial charge in [-0.05, 0) is 12.1 Å². The van der Waals surface area contributed by atoms with Gasteiger partial charge in [0.25, 0.3) is 0 Å². The number of nitrogens with zero attached hydrogens (tertiary/aromatic N) is 3. The van der Waals surface area contributed by atoms with Crippen molar-refractivity contribution in [2.75, 3.05) is 12.4 Å². The maximum absolute atomic E-state index is 12.3. The number of thiazole rings is 1. The predicted molar refractivity (Wildman–Crippen MR) is 57.7 cm³/mol. The van der Waals surface area contributed by atoms with E-state index in [1.165, 1.54) is 0 Å². The van der Waals surface area contributed by atoms with Crippen molar-refractivity contribution in [3.8, 4) is 10.6 Å². The van der Waals surface area contributed by atoms with Gasteiger partial charge in [0.15, 0.2) is 5.01 Å². The number of aromatic nitrogens is 3. The van der Waals surface area contributed by atoms with E-state index in [4.69, 9.17) is 0 Å². The van der Waals surface area contributed by atoms with Crippen LogP contribution in [-0.2, 0) is 6.18 Å². The Morgan fingerprint density at radius 3 is 2.47 bits per heavy atom. The van der Waals surface area contributed by atoms with E-state index in [0.29, 0.717) is 27.7 Å². The van der Waals surface area contributed by atoms with Crippen LogP contribution in [0.2, 0.25) is 0 Å². The molecule has 0 fully saturated rings. The highest BCUT2D eigenvalue weighted by Gasteiger charge is 2.34. The second-order valence-corrected chi connectivity index (χ2v) is 4.11. The van der Waals surface area contributed by atoms with Gasteiger partial charge < -0.3 is 5.32 Å². The van der Waals surface area contributed by atoms with Gasteiger partial charge in [0.1, 0.15) is 11.5 Å². The number of alkyl halides is 3. The molecule has 0 unspecified atom stereocenters. The summed E-state index contributed by atoms with van der Waals surface area (Å²) in [7, 11) is 1.68. The third-order valence-corrected chi connectivity index (χ3v) is 2.99. The molecule has 0 saturated heterocycles. The molecule has 2 aromatic heterocycles. The summed E-state index contributed by atoms with van der Waals surface area (Å²) >= 11 is 0.547. The molecular weight excluding hydrogens is 253 g/mol. The molecule has 0 aromatic carbocycles. The lowest BCUT2D eigenvalue weighted by Crippen LogP contribution is -2.02. The van der Waals surface area contributed by atoms with Crippen LogP contribution in [-0.4, -0.2) is 22.2 Å². The number of halogens is 3. The predicted octanol–water partition coefficient (Wildman–Crippen LogP) is 2.66. The highest BCUT2D eigenvalue weighted by molar-refractivity contribution is 7.15. The second-order valence-electron chi connectivity index (χ2n) is 3.08. The van der Waals surface area contributed by atoms with Crippen LogP contribution < -0.4 is 5.32 Å². The van der Waals surface area contributed by atoms with Gasteiger partial charge in [0, 0.05) is 13.2 Å². The van der Waals surface area contributed by atoms with Gasteiger partial charge in [-0.15, -0.1) is 21.5 Å². The first-order valence-electron chi connectivity index (χ1n) is 4.55. The van der Waals surface area contributed by atoms with E-state index in [2.05, 4.69) is 20.5 Å². The summed E-state index contributed by atoms with van der Waals surface area (Å²) in [4.78, 5) is 3.66. The van der Waals surface area contributed by atoms with Crippen molar-refractivity contribution in [1.29, 1.82) is 0 Å². The number of rotatable bonds is 2. The minimum Gasteiger partial charge on any atom is -0.372 e. The van der Waals surface area contributed by atoms with E-state index in [1.54, 1.807) is 19.2 Å². The molecule has 0 saturated carbocycles. The van der Waals surface area contributed by atoms with E-state index in [-0.39, 0.29) is 0 Å². The summed E-state index contributed by atoms with van der Waals surface area (Å²) in [5.41, 5.74) is 0.372. The minimum atomic E-state index is -4.42. The Bertz CT molecular complexity index is 506. The average molecular weight is 260 g/mol. The number of hydrogen-bond donors (Lipinski definition) is 1. The molecule has 4 nitrogen and oxygen atoms in total. The van der Waals surface area contributed by atoms with Gasteiger partial charge in [-0.2, -0.15) is 13.2 Å². The largest absolute Gasteiger partial charge is 0.443 e. The molecule has 0 amide bonds. The highest BCUT2D eigenvalue weighted by Crippen LogP contribution is 2.35. The van der Waals surface area contributed by atoms with Gasteiger partial charge in [-0.3, -0.25) is 0 Å². The van der Waals surface area contributed by atoms with Crippen molar-refractivity contribution in [2.45, 2.75) is 6.18 Å². The van der Waals surface area contributed by atoms with Crippen LogP contribution in [0, 0.1) is 0 Å². The SMILES string of the molecule is CNc1ccc(-c2cnc(C(F)(F)F)s2)nn1. The first-order valence-corrected chi connectivity index (χ1v) is 5.37. The molecule has 90 valence electrons. The van der Waals surface area contributed by atoms with Crippen molar-refractivity contribution in [3.05, 3.63) is 23.3 Å². The number of nitrogens with one attached hydrogen (secondary N) is 1. The number of anilines is 1. The molecule has 8 heteroatoms. The molecule has 2 rings (SSSR count). The van der Waals surface area contributed by atoms with Crippen molar-refractivity contribution in [1.82, 2.24) is 15.2 Å². The normalized spacial score (nSPS) is 11.5. The van der Waals surface area contributed by atoms with Crippen LogP contribution in [0.15, 0.2) is 18.3 Å². The summed E-state index contributed by atoms with van der Waals surface area (Å²) in [5.74, 6) is 0.550. The maximum atomic E-state index is 12.3. The van der Waals surface area contributed by atoms with Gasteiger partial charge in [0.05, 0.1) is 4.88 Å². The molecule has 2 aromatic rings. The molecule has 0 radical (unpaired) electrons. The van der Waals surface area contributed by atoms with E-state index in [9.17, 15) is 13.2 Å². The van der Waals surface area contributed by atoms with Crippen LogP contribution in [0.1, 0.15) is 5.01 Å². The Hall–Kier alpha value is -1.70.